The van der Waals surface area contributed by atoms with Crippen LogP contribution in [0.2, 0.25) is 0 Å². The zero-order valence-corrected chi connectivity index (χ0v) is 18.1. The molecular weight excluding hydrogens is 434 g/mol. The minimum absolute atomic E-state index is 0.252. The summed E-state index contributed by atoms with van der Waals surface area (Å²) < 4.78 is 52.4. The maximum absolute atomic E-state index is 12.9. The van der Waals surface area contributed by atoms with E-state index in [4.69, 9.17) is 0 Å². The lowest BCUT2D eigenvalue weighted by Crippen LogP contribution is -2.16. The quantitative estimate of drug-likeness (QED) is 0.460. The predicted molar refractivity (Wildman–Crippen MR) is 122 cm³/mol. The summed E-state index contributed by atoms with van der Waals surface area (Å²) in [6.07, 6.45) is 4.73. The molecule has 0 spiro atoms. The number of aromatic amines is 1. The second kappa shape index (κ2) is 8.01. The molecule has 0 atom stereocenters. The molecule has 0 saturated carbocycles. The first-order chi connectivity index (χ1) is 14.7. The van der Waals surface area contributed by atoms with Gasteiger partial charge in [-0.25, -0.2) is 16.8 Å². The maximum Gasteiger partial charge on any atom is 0.263 e. The molecule has 0 amide bonds. The van der Waals surface area contributed by atoms with Crippen molar-refractivity contribution in [1.82, 2.24) is 10.2 Å². The molecule has 1 aromatic heterocycles. The monoisotopic (exact) mass is 453 g/mol. The van der Waals surface area contributed by atoms with E-state index < -0.39 is 19.9 Å². The van der Waals surface area contributed by atoms with Gasteiger partial charge in [-0.2, -0.15) is 5.10 Å². The summed E-state index contributed by atoms with van der Waals surface area (Å²) in [5, 5.41) is 7.93. The van der Waals surface area contributed by atoms with Crippen molar-refractivity contribution in [1.29, 1.82) is 0 Å². The van der Waals surface area contributed by atoms with Gasteiger partial charge in [-0.1, -0.05) is 48.5 Å². The summed E-state index contributed by atoms with van der Waals surface area (Å²) in [5.74, 6) is 0. The number of aromatic nitrogens is 2. The summed E-state index contributed by atoms with van der Waals surface area (Å²) in [5.41, 5.74) is 2.70. The molecule has 4 rings (SSSR count). The summed E-state index contributed by atoms with van der Waals surface area (Å²) in [4.78, 5) is -0.549. The van der Waals surface area contributed by atoms with Gasteiger partial charge in [0.1, 0.15) is 4.90 Å². The molecule has 0 aliphatic rings. The highest BCUT2D eigenvalue weighted by molar-refractivity contribution is 7.95. The zero-order valence-electron chi connectivity index (χ0n) is 16.5. The Morgan fingerprint density at radius 3 is 2.23 bits per heavy atom. The number of rotatable bonds is 6. The van der Waals surface area contributed by atoms with Crippen molar-refractivity contribution in [3.63, 3.8) is 0 Å². The fourth-order valence-corrected chi connectivity index (χ4v) is 5.83. The molecule has 0 aliphatic heterocycles. The Balaban J connectivity index is 1.69. The maximum atomic E-state index is 12.9. The van der Waals surface area contributed by atoms with E-state index in [1.165, 1.54) is 24.3 Å². The first kappa shape index (κ1) is 20.8. The van der Waals surface area contributed by atoms with Gasteiger partial charge >= 0.3 is 0 Å². The van der Waals surface area contributed by atoms with Gasteiger partial charge in [0.15, 0.2) is 9.84 Å². The number of sulfone groups is 1. The van der Waals surface area contributed by atoms with Crippen LogP contribution in [0.15, 0.2) is 82.6 Å². The molecule has 0 aliphatic carbocycles. The van der Waals surface area contributed by atoms with Crippen LogP contribution >= 0.6 is 0 Å². The van der Waals surface area contributed by atoms with E-state index in [0.717, 1.165) is 22.7 Å². The summed E-state index contributed by atoms with van der Waals surface area (Å²) in [6.45, 7) is 0. The second-order valence-electron chi connectivity index (χ2n) is 6.94. The molecule has 0 bridgehead atoms. The lowest BCUT2D eigenvalue weighted by atomic mass is 10.1. The van der Waals surface area contributed by atoms with E-state index in [1.54, 1.807) is 18.2 Å². The molecular formula is C22H19N3O4S2. The molecule has 4 aromatic rings. The van der Waals surface area contributed by atoms with Gasteiger partial charge in [0.05, 0.1) is 16.1 Å². The fourth-order valence-electron chi connectivity index (χ4n) is 3.15. The van der Waals surface area contributed by atoms with Gasteiger partial charge in [0.2, 0.25) is 0 Å². The molecule has 0 fully saturated rings. The van der Waals surface area contributed by atoms with E-state index in [9.17, 15) is 16.8 Å². The first-order valence-electron chi connectivity index (χ1n) is 9.27. The van der Waals surface area contributed by atoms with Crippen LogP contribution in [0.3, 0.4) is 0 Å². The molecule has 1 heterocycles. The lowest BCUT2D eigenvalue weighted by molar-refractivity contribution is 0.588. The predicted octanol–water partition coefficient (Wildman–Crippen LogP) is 3.94. The van der Waals surface area contributed by atoms with Crippen LogP contribution in [-0.4, -0.2) is 33.3 Å². The van der Waals surface area contributed by atoms with Crippen molar-refractivity contribution in [3.05, 3.63) is 84.1 Å². The van der Waals surface area contributed by atoms with Crippen molar-refractivity contribution < 1.29 is 16.8 Å². The molecule has 31 heavy (non-hydrogen) atoms. The second-order valence-corrected chi connectivity index (χ2v) is 10.6. The summed E-state index contributed by atoms with van der Waals surface area (Å²) >= 11 is 0. The highest BCUT2D eigenvalue weighted by Crippen LogP contribution is 2.26. The van der Waals surface area contributed by atoms with Crippen LogP contribution in [0.5, 0.6) is 0 Å². The highest BCUT2D eigenvalue weighted by atomic mass is 32.2. The number of sulfonamides is 1. The third kappa shape index (κ3) is 4.52. The molecule has 7 nitrogen and oxygen atoms in total. The smallest absolute Gasteiger partial charge is 0.263 e. The number of hydrogen-bond donors (Lipinski definition) is 2. The molecule has 0 saturated heterocycles. The number of nitrogens with zero attached hydrogens (tertiary/aromatic N) is 1. The van der Waals surface area contributed by atoms with E-state index in [2.05, 4.69) is 14.9 Å². The van der Waals surface area contributed by atoms with E-state index in [0.29, 0.717) is 11.4 Å². The Kier molecular flexibility index (Phi) is 5.38. The van der Waals surface area contributed by atoms with Gasteiger partial charge in [0, 0.05) is 17.3 Å². The number of nitrogens with one attached hydrogen (secondary N) is 2. The van der Waals surface area contributed by atoms with Crippen molar-refractivity contribution in [3.8, 4) is 0 Å². The molecule has 3 aromatic carbocycles. The van der Waals surface area contributed by atoms with Crippen molar-refractivity contribution >= 4 is 48.6 Å². The molecule has 0 unspecified atom stereocenters. The van der Waals surface area contributed by atoms with Gasteiger partial charge in [-0.3, -0.25) is 9.82 Å². The normalized spacial score (nSPS) is 12.4. The standard InChI is InChI=1S/C22H19N3O4S2/c1-30(26,27)21-9-5-6-10-22(21)31(28,29)25-17-12-14-20-18(15-17)19(23-24-20)13-11-16-7-3-2-4-8-16/h2-15,25H,1H3,(H,23,24)/b13-11+. The Morgan fingerprint density at radius 2 is 1.52 bits per heavy atom. The Labute approximate surface area is 180 Å². The van der Waals surface area contributed by atoms with Crippen LogP contribution in [-0.2, 0) is 19.9 Å². The average Bonchev–Trinajstić information content (AvgIpc) is 3.14. The number of hydrogen-bond acceptors (Lipinski definition) is 5. The number of benzene rings is 3. The van der Waals surface area contributed by atoms with Crippen LogP contribution in [0.1, 0.15) is 11.3 Å². The van der Waals surface area contributed by atoms with Crippen molar-refractivity contribution in [2.24, 2.45) is 0 Å². The Morgan fingerprint density at radius 1 is 0.839 bits per heavy atom. The number of fused-ring (bicyclic) bond motifs is 1. The minimum Gasteiger partial charge on any atom is -0.280 e. The SMILES string of the molecule is CS(=O)(=O)c1ccccc1S(=O)(=O)Nc1ccc2[nH]nc(/C=C/c3ccccc3)c2c1. The largest absolute Gasteiger partial charge is 0.280 e. The minimum atomic E-state index is -4.12. The number of anilines is 1. The van der Waals surface area contributed by atoms with E-state index >= 15 is 0 Å². The summed E-state index contributed by atoms with van der Waals surface area (Å²) in [7, 11) is -7.84. The van der Waals surface area contributed by atoms with Crippen molar-refractivity contribution in [2.45, 2.75) is 9.79 Å². The fraction of sp³-hybridized carbons (Fsp3) is 0.0455. The third-order valence-corrected chi connectivity index (χ3v) is 7.34. The van der Waals surface area contributed by atoms with Crippen LogP contribution in [0.25, 0.3) is 23.1 Å². The third-order valence-electron chi connectivity index (χ3n) is 4.62. The lowest BCUT2D eigenvalue weighted by Gasteiger charge is -2.11. The molecule has 0 radical (unpaired) electrons. The van der Waals surface area contributed by atoms with Gasteiger partial charge in [0.25, 0.3) is 10.0 Å². The highest BCUT2D eigenvalue weighted by Gasteiger charge is 2.23. The van der Waals surface area contributed by atoms with Crippen LogP contribution in [0, 0.1) is 0 Å². The van der Waals surface area contributed by atoms with Gasteiger partial charge in [-0.05, 0) is 42.0 Å². The van der Waals surface area contributed by atoms with Crippen molar-refractivity contribution in [2.75, 3.05) is 11.0 Å². The average molecular weight is 454 g/mol. The number of H-pyrrole nitrogens is 1. The van der Waals surface area contributed by atoms with Gasteiger partial charge < -0.3 is 0 Å². The van der Waals surface area contributed by atoms with Crippen LogP contribution in [0.4, 0.5) is 5.69 Å². The molecule has 2 N–H and O–H groups in total. The van der Waals surface area contributed by atoms with E-state index in [-0.39, 0.29) is 9.79 Å². The molecule has 9 heteroatoms. The van der Waals surface area contributed by atoms with Crippen LogP contribution < -0.4 is 4.72 Å². The Hall–Kier alpha value is -3.43. The van der Waals surface area contributed by atoms with Gasteiger partial charge in [-0.15, -0.1) is 0 Å². The zero-order chi connectivity index (χ0) is 22.1. The summed E-state index contributed by atoms with van der Waals surface area (Å²) in [6, 6.07) is 20.2. The first-order valence-corrected chi connectivity index (χ1v) is 12.6. The van der Waals surface area contributed by atoms with E-state index in [1.807, 2.05) is 42.5 Å². The molecule has 158 valence electrons. The topological polar surface area (TPSA) is 109 Å². The Bertz CT molecular complexity index is 1490.